The Labute approximate surface area is 211 Å². The number of nitrogens with zero attached hydrogens (tertiary/aromatic N) is 3. The highest BCUT2D eigenvalue weighted by atomic mass is 35.5. The molecule has 2 heterocycles. The Morgan fingerprint density at radius 2 is 1.57 bits per heavy atom. The van der Waals surface area contributed by atoms with Crippen molar-refractivity contribution in [2.75, 3.05) is 38.2 Å². The molecule has 5 rings (SSSR count). The zero-order valence-electron chi connectivity index (χ0n) is 19.9. The van der Waals surface area contributed by atoms with Crippen LogP contribution >= 0.6 is 11.6 Å². The third-order valence-corrected chi connectivity index (χ3v) is 6.94. The minimum Gasteiger partial charge on any atom is -0.497 e. The van der Waals surface area contributed by atoms with Crippen LogP contribution in [0.2, 0.25) is 5.02 Å². The summed E-state index contributed by atoms with van der Waals surface area (Å²) >= 11 is 6.40. The molecule has 1 fully saturated rings. The van der Waals surface area contributed by atoms with E-state index >= 15 is 0 Å². The van der Waals surface area contributed by atoms with Gasteiger partial charge in [0, 0.05) is 43.1 Å². The van der Waals surface area contributed by atoms with E-state index in [1.165, 1.54) is 0 Å². The Morgan fingerprint density at radius 3 is 2.29 bits per heavy atom. The second-order valence-electron chi connectivity index (χ2n) is 8.66. The van der Waals surface area contributed by atoms with Gasteiger partial charge in [-0.3, -0.25) is 4.79 Å². The van der Waals surface area contributed by atoms with Crippen molar-refractivity contribution in [3.63, 3.8) is 0 Å². The molecule has 3 aromatic carbocycles. The van der Waals surface area contributed by atoms with E-state index in [0.29, 0.717) is 13.1 Å². The van der Waals surface area contributed by atoms with Crippen LogP contribution in [-0.2, 0) is 0 Å². The third-order valence-electron chi connectivity index (χ3n) is 6.62. The molecule has 0 aliphatic carbocycles. The van der Waals surface area contributed by atoms with Gasteiger partial charge >= 0.3 is 0 Å². The summed E-state index contributed by atoms with van der Waals surface area (Å²) in [4.78, 5) is 17.9. The molecular formula is C29H28ClN3O2. The number of hydrogen-bond acceptors (Lipinski definition) is 3. The normalized spacial score (nSPS) is 13.7. The van der Waals surface area contributed by atoms with E-state index in [2.05, 4.69) is 21.6 Å². The number of para-hydroxylation sites is 2. The summed E-state index contributed by atoms with van der Waals surface area (Å²) < 4.78 is 7.61. The predicted octanol–water partition coefficient (Wildman–Crippen LogP) is 6.08. The lowest BCUT2D eigenvalue weighted by Gasteiger charge is -2.36. The van der Waals surface area contributed by atoms with Gasteiger partial charge in [-0.25, -0.2) is 0 Å². The molecule has 6 heteroatoms. The summed E-state index contributed by atoms with van der Waals surface area (Å²) in [5, 5.41) is 0.742. The van der Waals surface area contributed by atoms with Crippen molar-refractivity contribution in [1.82, 2.24) is 9.47 Å². The van der Waals surface area contributed by atoms with Gasteiger partial charge < -0.3 is 19.1 Å². The Balaban J connectivity index is 1.47. The maximum absolute atomic E-state index is 13.7. The summed E-state index contributed by atoms with van der Waals surface area (Å²) in [6, 6.07) is 28.0. The van der Waals surface area contributed by atoms with Crippen LogP contribution in [0.25, 0.3) is 16.9 Å². The average molecular weight is 486 g/mol. The van der Waals surface area contributed by atoms with Gasteiger partial charge in [0.2, 0.25) is 0 Å². The Morgan fingerprint density at radius 1 is 0.857 bits per heavy atom. The van der Waals surface area contributed by atoms with E-state index in [-0.39, 0.29) is 5.91 Å². The standard InChI is InChI=1S/C29H28ClN3O2/c1-21-25(29(34)32-17-15-31(16-18-32)27-14-7-6-13-26(27)30)20-28(22-9-8-12-24(19-22)35-2)33(21)23-10-4-3-5-11-23/h3-14,19-20H,15-18H2,1-2H3. The van der Waals surface area contributed by atoms with Gasteiger partial charge in [-0.1, -0.05) is 54.1 Å². The van der Waals surface area contributed by atoms with E-state index in [9.17, 15) is 4.79 Å². The number of rotatable bonds is 5. The Kier molecular flexibility index (Phi) is 6.51. The van der Waals surface area contributed by atoms with Crippen molar-refractivity contribution >= 4 is 23.2 Å². The average Bonchev–Trinajstić information content (AvgIpc) is 3.26. The molecule has 1 amide bonds. The molecule has 1 aliphatic rings. The first-order valence-electron chi connectivity index (χ1n) is 11.8. The van der Waals surface area contributed by atoms with Crippen LogP contribution in [0.1, 0.15) is 16.1 Å². The molecule has 0 saturated carbocycles. The molecule has 0 radical (unpaired) electrons. The van der Waals surface area contributed by atoms with E-state index in [4.69, 9.17) is 16.3 Å². The fourth-order valence-electron chi connectivity index (χ4n) is 4.76. The van der Waals surface area contributed by atoms with Crippen molar-refractivity contribution in [3.05, 3.63) is 101 Å². The van der Waals surface area contributed by atoms with Crippen molar-refractivity contribution in [2.24, 2.45) is 0 Å². The number of anilines is 1. The quantitative estimate of drug-likeness (QED) is 0.344. The highest BCUT2D eigenvalue weighted by Crippen LogP contribution is 2.32. The highest BCUT2D eigenvalue weighted by molar-refractivity contribution is 6.33. The Hall–Kier alpha value is -3.70. The van der Waals surface area contributed by atoms with Gasteiger partial charge in [0.05, 0.1) is 29.1 Å². The molecule has 0 bridgehead atoms. The first kappa shape index (κ1) is 23.1. The van der Waals surface area contributed by atoms with Crippen molar-refractivity contribution in [3.8, 4) is 22.7 Å². The smallest absolute Gasteiger partial charge is 0.255 e. The lowest BCUT2D eigenvalue weighted by molar-refractivity contribution is 0.0746. The summed E-state index contributed by atoms with van der Waals surface area (Å²) in [7, 11) is 1.66. The summed E-state index contributed by atoms with van der Waals surface area (Å²) in [5.41, 5.74) is 5.65. The van der Waals surface area contributed by atoms with Crippen molar-refractivity contribution < 1.29 is 9.53 Å². The third kappa shape index (κ3) is 4.52. The summed E-state index contributed by atoms with van der Waals surface area (Å²) in [5.74, 6) is 0.838. The van der Waals surface area contributed by atoms with Gasteiger partial charge in [-0.2, -0.15) is 0 Å². The minimum absolute atomic E-state index is 0.0557. The maximum Gasteiger partial charge on any atom is 0.255 e. The van der Waals surface area contributed by atoms with Crippen LogP contribution in [0.5, 0.6) is 5.75 Å². The molecule has 35 heavy (non-hydrogen) atoms. The topological polar surface area (TPSA) is 37.7 Å². The zero-order valence-corrected chi connectivity index (χ0v) is 20.7. The molecule has 0 unspecified atom stereocenters. The lowest BCUT2D eigenvalue weighted by Crippen LogP contribution is -2.49. The van der Waals surface area contributed by atoms with Gasteiger partial charge in [0.1, 0.15) is 5.75 Å². The number of aromatic nitrogens is 1. The Bertz CT molecular complexity index is 1340. The number of methoxy groups -OCH3 is 1. The molecule has 0 spiro atoms. The second-order valence-corrected chi connectivity index (χ2v) is 9.07. The number of benzene rings is 3. The number of ether oxygens (including phenoxy) is 1. The fraction of sp³-hybridized carbons (Fsp3) is 0.207. The van der Waals surface area contributed by atoms with E-state index in [0.717, 1.165) is 57.8 Å². The number of carbonyl (C=O) groups excluding carboxylic acids is 1. The molecule has 1 saturated heterocycles. The SMILES string of the molecule is COc1cccc(-c2cc(C(=O)N3CCN(c4ccccc4Cl)CC3)c(C)n2-c2ccccc2)c1. The molecule has 4 aromatic rings. The largest absolute Gasteiger partial charge is 0.497 e. The highest BCUT2D eigenvalue weighted by Gasteiger charge is 2.27. The first-order valence-corrected chi connectivity index (χ1v) is 12.2. The van der Waals surface area contributed by atoms with Crippen LogP contribution in [-0.4, -0.2) is 48.7 Å². The monoisotopic (exact) mass is 485 g/mol. The summed E-state index contributed by atoms with van der Waals surface area (Å²) in [6.07, 6.45) is 0. The van der Waals surface area contributed by atoms with Crippen LogP contribution in [0.4, 0.5) is 5.69 Å². The zero-order chi connectivity index (χ0) is 24.4. The van der Waals surface area contributed by atoms with Crippen molar-refractivity contribution in [1.29, 1.82) is 0 Å². The van der Waals surface area contributed by atoms with Crippen LogP contribution in [0.3, 0.4) is 0 Å². The number of carbonyl (C=O) groups is 1. The van der Waals surface area contributed by atoms with Gasteiger partial charge in [-0.15, -0.1) is 0 Å². The molecule has 5 nitrogen and oxygen atoms in total. The summed E-state index contributed by atoms with van der Waals surface area (Å²) in [6.45, 7) is 4.81. The van der Waals surface area contributed by atoms with E-state index in [1.807, 2.05) is 84.6 Å². The maximum atomic E-state index is 13.7. The molecular weight excluding hydrogens is 458 g/mol. The first-order chi connectivity index (χ1) is 17.1. The molecule has 1 aromatic heterocycles. The number of hydrogen-bond donors (Lipinski definition) is 0. The fourth-order valence-corrected chi connectivity index (χ4v) is 5.01. The molecule has 178 valence electrons. The number of piperazine rings is 1. The molecule has 0 atom stereocenters. The van der Waals surface area contributed by atoms with Gasteiger partial charge in [0.15, 0.2) is 0 Å². The van der Waals surface area contributed by atoms with Crippen molar-refractivity contribution in [2.45, 2.75) is 6.92 Å². The van der Waals surface area contributed by atoms with Crippen LogP contribution in [0, 0.1) is 6.92 Å². The molecule has 0 N–H and O–H groups in total. The second kappa shape index (κ2) is 9.88. The number of halogens is 1. The predicted molar refractivity (Wildman–Crippen MR) is 142 cm³/mol. The minimum atomic E-state index is 0.0557. The molecule has 1 aliphatic heterocycles. The van der Waals surface area contributed by atoms with Gasteiger partial charge in [-0.05, 0) is 49.4 Å². The van der Waals surface area contributed by atoms with Crippen LogP contribution < -0.4 is 9.64 Å². The lowest BCUT2D eigenvalue weighted by atomic mass is 10.1. The van der Waals surface area contributed by atoms with E-state index in [1.54, 1.807) is 7.11 Å². The van der Waals surface area contributed by atoms with E-state index < -0.39 is 0 Å². The number of amides is 1. The van der Waals surface area contributed by atoms with Gasteiger partial charge in [0.25, 0.3) is 5.91 Å². The van der Waals surface area contributed by atoms with Crippen LogP contribution in [0.15, 0.2) is 84.9 Å².